The van der Waals surface area contributed by atoms with E-state index in [4.69, 9.17) is 23.3 Å². The summed E-state index contributed by atoms with van der Waals surface area (Å²) in [5, 5.41) is 0. The van der Waals surface area contributed by atoms with Gasteiger partial charge in [0.15, 0.2) is 0 Å². The molecule has 1 aromatic rings. The molecule has 0 saturated heterocycles. The largest absolute Gasteiger partial charge is 0 e. The third-order valence-corrected chi connectivity index (χ3v) is 3.00. The summed E-state index contributed by atoms with van der Waals surface area (Å²) >= 11 is 2.34. The molecule has 0 spiro atoms. The average Bonchev–Trinajstić information content (AvgIpc) is 2.52. The third-order valence-electron chi connectivity index (χ3n) is 0.875. The van der Waals surface area contributed by atoms with E-state index in [1.807, 2.05) is 0 Å². The molecule has 0 atom stereocenters. The fourth-order valence-corrected chi connectivity index (χ4v) is 1.62. The van der Waals surface area contributed by atoms with E-state index in [1.165, 1.54) is 17.1 Å². The van der Waals surface area contributed by atoms with Gasteiger partial charge in [0.05, 0.1) is 0 Å². The zero-order valence-electron chi connectivity index (χ0n) is 9.51. The van der Waals surface area contributed by atoms with E-state index >= 15 is 0 Å². The molecule has 1 rings (SSSR count). The molecule has 0 bridgehead atoms. The Morgan fingerprint density at radius 2 is 1.16 bits per heavy atom. The summed E-state index contributed by atoms with van der Waals surface area (Å²) in [5.41, 5.74) is 1.37. The summed E-state index contributed by atoms with van der Waals surface area (Å²) in [6, 6.07) is 4.29. The van der Waals surface area contributed by atoms with E-state index in [0.29, 0.717) is 0 Å². The van der Waals surface area contributed by atoms with Crippen LogP contribution in [0.25, 0.3) is 0 Å². The molecule has 19 heavy (non-hydrogen) atoms. The van der Waals surface area contributed by atoms with Crippen molar-refractivity contribution < 1.29 is 44.3 Å². The molecule has 0 aliphatic rings. The molecule has 1 aromatic heterocycles. The fourth-order valence-electron chi connectivity index (χ4n) is 0.450. The van der Waals surface area contributed by atoms with Gasteiger partial charge in [-0.3, -0.25) is 0 Å². The fraction of sp³-hybridized carbons (Fsp3) is 0.0909. The molecule has 0 N–H and O–H groups in total. The first-order chi connectivity index (χ1) is 8.79. The van der Waals surface area contributed by atoms with Gasteiger partial charge in [0.25, 0.3) is 0 Å². The molecule has 0 unspecified atom stereocenters. The number of aryl methyl sites for hydroxylation is 1. The van der Waals surface area contributed by atoms with Crippen LogP contribution in [0.2, 0.25) is 0 Å². The van der Waals surface area contributed by atoms with Gasteiger partial charge in [0, 0.05) is 24.4 Å². The van der Waals surface area contributed by atoms with Crippen molar-refractivity contribution in [2.45, 2.75) is 6.92 Å². The van der Waals surface area contributed by atoms with Crippen LogP contribution in [-0.2, 0) is 44.3 Å². The number of halogens is 1. The van der Waals surface area contributed by atoms with Crippen LogP contribution in [0.15, 0.2) is 17.9 Å². The second kappa shape index (κ2) is 52.4. The van der Waals surface area contributed by atoms with Crippen LogP contribution in [0.4, 0.5) is 0 Å². The zero-order valence-corrected chi connectivity index (χ0v) is 15.5. The first-order valence-electron chi connectivity index (χ1n) is 3.39. The van der Waals surface area contributed by atoms with Gasteiger partial charge in [-0.1, -0.05) is 14.3 Å². The van der Waals surface area contributed by atoms with Gasteiger partial charge in [0.2, 0.25) is 0 Å². The molecule has 1 heterocycles. The Kier molecular flexibility index (Phi) is 100. The molecule has 0 aliphatic heterocycles. The minimum atomic E-state index is 0. The number of hydrogen-bond donors (Lipinski definition) is 0. The predicted molar refractivity (Wildman–Crippen MR) is 66.1 cm³/mol. The quantitative estimate of drug-likeness (QED) is 0.265. The Hall–Kier alpha value is -0.232. The summed E-state index contributed by atoms with van der Waals surface area (Å²) in [6.45, 7) is 24.6. The van der Waals surface area contributed by atoms with Gasteiger partial charge in [-0.2, -0.15) is 0 Å². The SMILES string of the molecule is Cc1ccc(I)pc1.[C-]#[O+].[C-]#[O+].[C-]#[O+].[C-]#[O+].[C-]#[O+].[W]. The Bertz CT molecular complexity index is 300. The maximum absolute atomic E-state index is 7.50. The Balaban J connectivity index is -0.0000000332. The first kappa shape index (κ1) is 36.3. The molecule has 0 saturated carbocycles. The van der Waals surface area contributed by atoms with Crippen LogP contribution in [0.1, 0.15) is 5.56 Å². The smallest absolute Gasteiger partial charge is 0 e. The van der Waals surface area contributed by atoms with E-state index in [9.17, 15) is 0 Å². The van der Waals surface area contributed by atoms with Gasteiger partial charge in [0.1, 0.15) is 0 Å². The van der Waals surface area contributed by atoms with Crippen LogP contribution in [0, 0.1) is 43.5 Å². The summed E-state index contributed by atoms with van der Waals surface area (Å²) in [7, 11) is 1.35. The predicted octanol–water partition coefficient (Wildman–Crippen LogP) is 2.99. The Labute approximate surface area is 141 Å². The van der Waals surface area contributed by atoms with Gasteiger partial charge < -0.3 is 0 Å². The monoisotopic (exact) mass is 560 g/mol. The molecule has 98 valence electrons. The molecule has 0 aliphatic carbocycles. The second-order valence-electron chi connectivity index (χ2n) is 1.66. The van der Waals surface area contributed by atoms with Crippen molar-refractivity contribution >= 4 is 30.8 Å². The second-order valence-corrected chi connectivity index (χ2v) is 4.67. The number of rotatable bonds is 0. The minimum Gasteiger partial charge on any atom is 0 e. The Morgan fingerprint density at radius 3 is 1.32 bits per heavy atom. The standard InChI is InChI=1S/C6H6IP.5CO.W/c1-5-2-3-6(7)8-4-5;5*1-2;/h2-4H,1H3;;;;;;. The van der Waals surface area contributed by atoms with E-state index in [-0.39, 0.29) is 21.1 Å². The van der Waals surface area contributed by atoms with Crippen molar-refractivity contribution in [2.75, 3.05) is 0 Å². The van der Waals surface area contributed by atoms with E-state index in [2.05, 4.69) is 80.7 Å². The maximum Gasteiger partial charge on any atom is 0 e. The van der Waals surface area contributed by atoms with Crippen molar-refractivity contribution in [3.8, 4) is 0 Å². The summed E-state index contributed by atoms with van der Waals surface area (Å²) in [4.78, 5) is 0. The van der Waals surface area contributed by atoms with Gasteiger partial charge >= 0.3 is 56.5 Å². The van der Waals surface area contributed by atoms with Crippen molar-refractivity contribution in [3.63, 3.8) is 0 Å². The molecular formula is C11H6IO5PW. The van der Waals surface area contributed by atoms with E-state index in [0.717, 1.165) is 0 Å². The molecule has 0 fully saturated rings. The minimum absolute atomic E-state index is 0. The van der Waals surface area contributed by atoms with Gasteiger partial charge in [-0.15, -0.1) is 0 Å². The molecule has 0 aromatic carbocycles. The average molecular weight is 560 g/mol. The van der Waals surface area contributed by atoms with E-state index in [1.54, 1.807) is 0 Å². The van der Waals surface area contributed by atoms with Gasteiger partial charge in [-0.25, -0.2) is 0 Å². The third kappa shape index (κ3) is 46.3. The molecule has 8 heteroatoms. The van der Waals surface area contributed by atoms with Crippen LogP contribution < -0.4 is 0 Å². The van der Waals surface area contributed by atoms with E-state index < -0.39 is 0 Å². The summed E-state index contributed by atoms with van der Waals surface area (Å²) in [6.07, 6.45) is 0. The maximum atomic E-state index is 7.50. The molecular weight excluding hydrogens is 554 g/mol. The normalized spacial score (nSPS) is 4.84. The van der Waals surface area contributed by atoms with Crippen molar-refractivity contribution in [2.24, 2.45) is 0 Å². The molecule has 0 radical (unpaired) electrons. The topological polar surface area (TPSA) is 99.5 Å². The molecule has 0 amide bonds. The van der Waals surface area contributed by atoms with Crippen molar-refractivity contribution in [1.82, 2.24) is 0 Å². The number of hydrogen-bond acceptors (Lipinski definition) is 0. The van der Waals surface area contributed by atoms with Crippen LogP contribution in [0.3, 0.4) is 0 Å². The summed E-state index contributed by atoms with van der Waals surface area (Å²) in [5.74, 6) is 2.21. The van der Waals surface area contributed by atoms with Crippen LogP contribution in [-0.4, -0.2) is 0 Å². The van der Waals surface area contributed by atoms with Crippen LogP contribution >= 0.6 is 30.8 Å². The van der Waals surface area contributed by atoms with Crippen molar-refractivity contribution in [3.05, 3.63) is 60.0 Å². The Morgan fingerprint density at radius 1 is 0.842 bits per heavy atom. The molecule has 5 nitrogen and oxygen atoms in total. The van der Waals surface area contributed by atoms with Crippen LogP contribution in [0.5, 0.6) is 0 Å². The first-order valence-corrected chi connectivity index (χ1v) is 5.43. The van der Waals surface area contributed by atoms with Gasteiger partial charge in [-0.05, 0) is 46.9 Å². The summed E-state index contributed by atoms with van der Waals surface area (Å²) < 4.78 is 38.9. The zero-order chi connectivity index (χ0) is 16.0. The van der Waals surface area contributed by atoms with Crippen molar-refractivity contribution in [1.29, 1.82) is 0 Å².